The molecule has 150 valence electrons. The van der Waals surface area contributed by atoms with Crippen LogP contribution >= 0.6 is 0 Å². The van der Waals surface area contributed by atoms with E-state index in [1.54, 1.807) is 14.2 Å². The number of rotatable bonds is 6. The van der Waals surface area contributed by atoms with Crippen LogP contribution in [0.25, 0.3) is 0 Å². The molecule has 0 aliphatic carbocycles. The molecule has 0 spiro atoms. The van der Waals surface area contributed by atoms with Crippen molar-refractivity contribution < 1.29 is 14.3 Å². The molecule has 1 aromatic rings. The van der Waals surface area contributed by atoms with Crippen molar-refractivity contribution >= 4 is 12.1 Å². The fourth-order valence-corrected chi connectivity index (χ4v) is 3.33. The van der Waals surface area contributed by atoms with Gasteiger partial charge in [-0.3, -0.25) is 0 Å². The van der Waals surface area contributed by atoms with E-state index in [1.165, 1.54) is 0 Å². The Morgan fingerprint density at radius 1 is 1.22 bits per heavy atom. The number of urea groups is 2. The fraction of sp³-hybridized carbons (Fsp3) is 0.579. The molecule has 0 unspecified atom stereocenters. The standard InChI is InChI=1S/C19H31N5O3/c1-20-18(25)21-12-15-9-10-24(13-17(15)23(2)3)19(26)22-11-14-5-7-16(27-4)8-6-14/h5-8,15,17H,9-13H2,1-4H3,(H,22,26)(H2,20,21,25)/t15-,17-/m1/s1. The first-order valence-electron chi connectivity index (χ1n) is 9.22. The van der Waals surface area contributed by atoms with E-state index in [1.807, 2.05) is 43.3 Å². The molecule has 8 nitrogen and oxygen atoms in total. The summed E-state index contributed by atoms with van der Waals surface area (Å²) < 4.78 is 5.15. The van der Waals surface area contributed by atoms with Crippen molar-refractivity contribution in [1.82, 2.24) is 25.8 Å². The van der Waals surface area contributed by atoms with Crippen molar-refractivity contribution in [2.75, 3.05) is 47.9 Å². The number of hydrogen-bond donors (Lipinski definition) is 3. The third kappa shape index (κ3) is 6.02. The van der Waals surface area contributed by atoms with E-state index in [9.17, 15) is 9.59 Å². The lowest BCUT2D eigenvalue weighted by atomic mass is 9.90. The number of benzene rings is 1. The van der Waals surface area contributed by atoms with Crippen LogP contribution < -0.4 is 20.7 Å². The Bertz CT molecular complexity index is 620. The Kier molecular flexibility index (Phi) is 7.72. The van der Waals surface area contributed by atoms with Gasteiger partial charge < -0.3 is 30.5 Å². The largest absolute Gasteiger partial charge is 0.497 e. The zero-order chi connectivity index (χ0) is 19.8. The predicted octanol–water partition coefficient (Wildman–Crippen LogP) is 1.09. The van der Waals surface area contributed by atoms with Crippen molar-refractivity contribution in [2.45, 2.75) is 19.0 Å². The quantitative estimate of drug-likeness (QED) is 0.693. The van der Waals surface area contributed by atoms with Crippen LogP contribution in [0.15, 0.2) is 24.3 Å². The van der Waals surface area contributed by atoms with Gasteiger partial charge in [0.2, 0.25) is 0 Å². The smallest absolute Gasteiger partial charge is 0.317 e. The Labute approximate surface area is 161 Å². The summed E-state index contributed by atoms with van der Waals surface area (Å²) in [5.41, 5.74) is 1.03. The van der Waals surface area contributed by atoms with E-state index in [0.717, 1.165) is 17.7 Å². The second kappa shape index (κ2) is 10.0. The summed E-state index contributed by atoms with van der Waals surface area (Å²) in [5, 5.41) is 8.44. The average molecular weight is 377 g/mol. The highest BCUT2D eigenvalue weighted by molar-refractivity contribution is 5.74. The van der Waals surface area contributed by atoms with Gasteiger partial charge in [0.25, 0.3) is 0 Å². The lowest BCUT2D eigenvalue weighted by molar-refractivity contribution is 0.0966. The minimum absolute atomic E-state index is 0.0598. The predicted molar refractivity (Wildman–Crippen MR) is 105 cm³/mol. The lowest BCUT2D eigenvalue weighted by Gasteiger charge is -2.41. The molecular weight excluding hydrogens is 346 g/mol. The summed E-state index contributed by atoms with van der Waals surface area (Å²) in [4.78, 5) is 28.0. The monoisotopic (exact) mass is 377 g/mol. The van der Waals surface area contributed by atoms with E-state index < -0.39 is 0 Å². The van der Waals surface area contributed by atoms with Gasteiger partial charge in [0.05, 0.1) is 7.11 Å². The summed E-state index contributed by atoms with van der Waals surface area (Å²) in [6, 6.07) is 7.62. The molecule has 2 rings (SSSR count). The van der Waals surface area contributed by atoms with Crippen LogP contribution in [0.1, 0.15) is 12.0 Å². The number of ether oxygens (including phenoxy) is 1. The molecule has 1 saturated heterocycles. The first-order chi connectivity index (χ1) is 12.9. The zero-order valence-corrected chi connectivity index (χ0v) is 16.6. The highest BCUT2D eigenvalue weighted by Gasteiger charge is 2.32. The molecule has 1 heterocycles. The van der Waals surface area contributed by atoms with Crippen LogP contribution in [0.3, 0.4) is 0 Å². The van der Waals surface area contributed by atoms with Gasteiger partial charge in [-0.15, -0.1) is 0 Å². The van der Waals surface area contributed by atoms with Gasteiger partial charge in [0.1, 0.15) is 5.75 Å². The normalized spacial score (nSPS) is 19.5. The maximum Gasteiger partial charge on any atom is 0.317 e. The molecule has 1 aliphatic heterocycles. The molecule has 1 aromatic carbocycles. The number of nitrogens with one attached hydrogen (secondary N) is 3. The van der Waals surface area contributed by atoms with E-state index in [0.29, 0.717) is 32.1 Å². The van der Waals surface area contributed by atoms with E-state index >= 15 is 0 Å². The maximum absolute atomic E-state index is 12.6. The van der Waals surface area contributed by atoms with Gasteiger partial charge >= 0.3 is 12.1 Å². The molecular formula is C19H31N5O3. The van der Waals surface area contributed by atoms with Crippen LogP contribution in [0.4, 0.5) is 9.59 Å². The first-order valence-corrected chi connectivity index (χ1v) is 9.22. The first kappa shape index (κ1) is 20.8. The van der Waals surface area contributed by atoms with Gasteiger partial charge in [-0.25, -0.2) is 9.59 Å². The number of likely N-dealkylation sites (tertiary alicyclic amines) is 1. The van der Waals surface area contributed by atoms with Crippen molar-refractivity contribution in [1.29, 1.82) is 0 Å². The van der Waals surface area contributed by atoms with Crippen LogP contribution in [-0.2, 0) is 6.54 Å². The molecule has 0 bridgehead atoms. The summed E-state index contributed by atoms with van der Waals surface area (Å²) >= 11 is 0. The summed E-state index contributed by atoms with van der Waals surface area (Å²) in [6.45, 7) is 2.40. The van der Waals surface area contributed by atoms with Crippen LogP contribution in [0.5, 0.6) is 5.75 Å². The summed E-state index contributed by atoms with van der Waals surface area (Å²) in [5.74, 6) is 1.11. The van der Waals surface area contributed by atoms with Crippen LogP contribution in [0, 0.1) is 5.92 Å². The molecule has 27 heavy (non-hydrogen) atoms. The van der Waals surface area contributed by atoms with Crippen molar-refractivity contribution in [3.05, 3.63) is 29.8 Å². The number of piperidine rings is 1. The number of carbonyl (C=O) groups excluding carboxylic acids is 2. The van der Waals surface area contributed by atoms with Crippen molar-refractivity contribution in [2.24, 2.45) is 5.92 Å². The van der Waals surface area contributed by atoms with E-state index in [2.05, 4.69) is 20.9 Å². The van der Waals surface area contributed by atoms with E-state index in [4.69, 9.17) is 4.74 Å². The number of amides is 4. The molecule has 3 N–H and O–H groups in total. The van der Waals surface area contributed by atoms with Gasteiger partial charge in [-0.05, 0) is 44.1 Å². The molecule has 8 heteroatoms. The molecule has 0 aromatic heterocycles. The molecule has 2 atom stereocenters. The second-order valence-electron chi connectivity index (χ2n) is 6.99. The average Bonchev–Trinajstić information content (AvgIpc) is 2.70. The minimum atomic E-state index is -0.174. The SMILES string of the molecule is CNC(=O)NC[C@H]1CCN(C(=O)NCc2ccc(OC)cc2)C[C@H]1N(C)C. The highest BCUT2D eigenvalue weighted by atomic mass is 16.5. The van der Waals surface area contributed by atoms with E-state index in [-0.39, 0.29) is 18.1 Å². The third-order valence-electron chi connectivity index (χ3n) is 5.03. The summed E-state index contributed by atoms with van der Waals surface area (Å²) in [7, 11) is 7.26. The Morgan fingerprint density at radius 3 is 2.52 bits per heavy atom. The molecule has 1 aliphatic rings. The Morgan fingerprint density at radius 2 is 1.93 bits per heavy atom. The maximum atomic E-state index is 12.6. The zero-order valence-electron chi connectivity index (χ0n) is 16.6. The van der Waals surface area contributed by atoms with Crippen molar-refractivity contribution in [3.8, 4) is 5.75 Å². The molecule has 0 saturated carbocycles. The Hall–Kier alpha value is -2.48. The topological polar surface area (TPSA) is 85.9 Å². The number of nitrogens with zero attached hydrogens (tertiary/aromatic N) is 2. The van der Waals surface area contributed by atoms with Gasteiger partial charge in [0, 0.05) is 39.3 Å². The van der Waals surface area contributed by atoms with Crippen LogP contribution in [-0.4, -0.2) is 75.8 Å². The van der Waals surface area contributed by atoms with Gasteiger partial charge in [-0.2, -0.15) is 0 Å². The molecule has 0 radical (unpaired) electrons. The number of carbonyl (C=O) groups is 2. The number of likely N-dealkylation sites (N-methyl/N-ethyl adjacent to an activating group) is 1. The summed E-state index contributed by atoms with van der Waals surface area (Å²) in [6.07, 6.45) is 0.850. The number of methoxy groups -OCH3 is 1. The lowest BCUT2D eigenvalue weighted by Crippen LogP contribution is -2.56. The third-order valence-corrected chi connectivity index (χ3v) is 5.03. The number of hydrogen-bond acceptors (Lipinski definition) is 4. The van der Waals surface area contributed by atoms with Crippen molar-refractivity contribution in [3.63, 3.8) is 0 Å². The minimum Gasteiger partial charge on any atom is -0.497 e. The second-order valence-corrected chi connectivity index (χ2v) is 6.99. The van der Waals surface area contributed by atoms with Gasteiger partial charge in [-0.1, -0.05) is 12.1 Å². The Balaban J connectivity index is 1.87. The van der Waals surface area contributed by atoms with Crippen LogP contribution in [0.2, 0.25) is 0 Å². The fourth-order valence-electron chi connectivity index (χ4n) is 3.33. The highest BCUT2D eigenvalue weighted by Crippen LogP contribution is 2.21. The molecule has 4 amide bonds. The molecule has 1 fully saturated rings. The van der Waals surface area contributed by atoms with Gasteiger partial charge in [0.15, 0.2) is 0 Å².